The van der Waals surface area contributed by atoms with Crippen LogP contribution in [-0.4, -0.2) is 0 Å². The van der Waals surface area contributed by atoms with E-state index in [2.05, 4.69) is 32.9 Å². The van der Waals surface area contributed by atoms with Gasteiger partial charge in [0, 0.05) is 0 Å². The average Bonchev–Trinajstić information content (AvgIpc) is 2.03. The van der Waals surface area contributed by atoms with E-state index in [1.807, 2.05) is 18.2 Å². The Hall–Kier alpha value is -0.490. The quantitative estimate of drug-likeness (QED) is 0.615. The maximum absolute atomic E-state index is 6.29. The lowest BCUT2D eigenvalue weighted by Crippen LogP contribution is -2.08. The number of benzene rings is 1. The summed E-state index contributed by atoms with van der Waals surface area (Å²) in [6.07, 6.45) is 1.01. The summed E-state index contributed by atoms with van der Waals surface area (Å²) in [5, 5.41) is 0.140. The van der Waals surface area contributed by atoms with Crippen molar-refractivity contribution in [3.63, 3.8) is 0 Å². The Morgan fingerprint density at radius 1 is 1.15 bits per heavy atom. The molecule has 1 heteroatoms. The van der Waals surface area contributed by atoms with Crippen molar-refractivity contribution in [2.24, 2.45) is 5.41 Å². The molecule has 1 rings (SSSR count). The minimum atomic E-state index is 0.140. The molecule has 0 saturated heterocycles. The number of hydrogen-bond donors (Lipinski definition) is 0. The second-order valence-corrected chi connectivity index (χ2v) is 5.17. The number of alkyl halides is 1. The smallest absolute Gasteiger partial charge is 0.0590 e. The third-order valence-electron chi connectivity index (χ3n) is 1.95. The SMILES string of the molecule is CC(C)(C)CC(Cl)c1ccccc1. The summed E-state index contributed by atoms with van der Waals surface area (Å²) in [5.41, 5.74) is 1.52. The summed E-state index contributed by atoms with van der Waals surface area (Å²) >= 11 is 6.29. The van der Waals surface area contributed by atoms with Crippen LogP contribution >= 0.6 is 11.6 Å². The van der Waals surface area contributed by atoms with Gasteiger partial charge in [0.25, 0.3) is 0 Å². The molecule has 0 N–H and O–H groups in total. The molecule has 0 aromatic heterocycles. The summed E-state index contributed by atoms with van der Waals surface area (Å²) < 4.78 is 0. The van der Waals surface area contributed by atoms with Crippen LogP contribution in [0.15, 0.2) is 30.3 Å². The van der Waals surface area contributed by atoms with Crippen molar-refractivity contribution in [3.05, 3.63) is 35.9 Å². The molecule has 0 nitrogen and oxygen atoms in total. The van der Waals surface area contributed by atoms with E-state index in [9.17, 15) is 0 Å². The third kappa shape index (κ3) is 3.82. The van der Waals surface area contributed by atoms with Gasteiger partial charge >= 0.3 is 0 Å². The van der Waals surface area contributed by atoms with E-state index >= 15 is 0 Å². The first-order valence-corrected chi connectivity index (χ1v) is 5.12. The molecule has 0 aliphatic rings. The fourth-order valence-electron chi connectivity index (χ4n) is 1.32. The molecule has 1 aromatic rings. The second kappa shape index (κ2) is 4.15. The maximum atomic E-state index is 6.29. The zero-order valence-corrected chi connectivity index (χ0v) is 9.31. The second-order valence-electron chi connectivity index (χ2n) is 4.64. The monoisotopic (exact) mass is 196 g/mol. The van der Waals surface area contributed by atoms with Gasteiger partial charge in [-0.05, 0) is 17.4 Å². The Labute approximate surface area is 85.9 Å². The van der Waals surface area contributed by atoms with Crippen LogP contribution in [0.3, 0.4) is 0 Å². The van der Waals surface area contributed by atoms with E-state index in [4.69, 9.17) is 11.6 Å². The topological polar surface area (TPSA) is 0 Å². The van der Waals surface area contributed by atoms with E-state index in [0.717, 1.165) is 6.42 Å². The van der Waals surface area contributed by atoms with E-state index < -0.39 is 0 Å². The lowest BCUT2D eigenvalue weighted by atomic mass is 9.88. The molecule has 0 aliphatic heterocycles. The number of rotatable bonds is 2. The van der Waals surface area contributed by atoms with Gasteiger partial charge in [-0.3, -0.25) is 0 Å². The minimum Gasteiger partial charge on any atom is -0.118 e. The predicted octanol–water partition coefficient (Wildman–Crippen LogP) is 4.40. The number of hydrogen-bond acceptors (Lipinski definition) is 0. The Morgan fingerprint density at radius 2 is 1.69 bits per heavy atom. The Bertz CT molecular complexity index is 246. The molecule has 0 spiro atoms. The highest BCUT2D eigenvalue weighted by molar-refractivity contribution is 6.20. The predicted molar refractivity (Wildman–Crippen MR) is 59.1 cm³/mol. The van der Waals surface area contributed by atoms with Crippen molar-refractivity contribution in [3.8, 4) is 0 Å². The van der Waals surface area contributed by atoms with Crippen molar-refractivity contribution in [2.45, 2.75) is 32.6 Å². The van der Waals surface area contributed by atoms with E-state index in [1.165, 1.54) is 5.56 Å². The highest BCUT2D eigenvalue weighted by atomic mass is 35.5. The van der Waals surface area contributed by atoms with Gasteiger partial charge in [-0.2, -0.15) is 0 Å². The van der Waals surface area contributed by atoms with Crippen LogP contribution in [0.25, 0.3) is 0 Å². The Morgan fingerprint density at radius 3 is 2.15 bits per heavy atom. The highest BCUT2D eigenvalue weighted by Crippen LogP contribution is 2.33. The molecule has 72 valence electrons. The standard InChI is InChI=1S/C12H17Cl/c1-12(2,3)9-11(13)10-7-5-4-6-8-10/h4-8,11H,9H2,1-3H3. The lowest BCUT2D eigenvalue weighted by molar-refractivity contribution is 0.372. The van der Waals surface area contributed by atoms with Crippen molar-refractivity contribution >= 4 is 11.6 Å². The summed E-state index contributed by atoms with van der Waals surface area (Å²) in [6, 6.07) is 10.3. The molecule has 0 heterocycles. The van der Waals surface area contributed by atoms with Gasteiger partial charge in [0.1, 0.15) is 0 Å². The van der Waals surface area contributed by atoms with Crippen LogP contribution in [0, 0.1) is 5.41 Å². The van der Waals surface area contributed by atoms with Gasteiger partial charge in [0.05, 0.1) is 5.38 Å². The van der Waals surface area contributed by atoms with Gasteiger partial charge < -0.3 is 0 Å². The molecule has 1 atom stereocenters. The normalized spacial score (nSPS) is 14.2. The lowest BCUT2D eigenvalue weighted by Gasteiger charge is -2.21. The zero-order chi connectivity index (χ0) is 9.90. The van der Waals surface area contributed by atoms with Gasteiger partial charge in [-0.25, -0.2) is 0 Å². The molecule has 13 heavy (non-hydrogen) atoms. The molecule has 0 bridgehead atoms. The van der Waals surface area contributed by atoms with Crippen molar-refractivity contribution in [1.82, 2.24) is 0 Å². The highest BCUT2D eigenvalue weighted by Gasteiger charge is 2.17. The molecular formula is C12H17Cl. The first-order chi connectivity index (χ1) is 5.99. The zero-order valence-electron chi connectivity index (χ0n) is 8.55. The van der Waals surface area contributed by atoms with Crippen LogP contribution in [0.4, 0.5) is 0 Å². The average molecular weight is 197 g/mol. The van der Waals surface area contributed by atoms with Crippen LogP contribution < -0.4 is 0 Å². The van der Waals surface area contributed by atoms with Crippen molar-refractivity contribution in [1.29, 1.82) is 0 Å². The molecule has 0 saturated carbocycles. The van der Waals surface area contributed by atoms with Crippen molar-refractivity contribution in [2.75, 3.05) is 0 Å². The van der Waals surface area contributed by atoms with Gasteiger partial charge in [-0.1, -0.05) is 51.1 Å². The molecule has 0 radical (unpaired) electrons. The van der Waals surface area contributed by atoms with Gasteiger partial charge in [0.15, 0.2) is 0 Å². The Balaban J connectivity index is 2.64. The molecule has 1 aromatic carbocycles. The van der Waals surface area contributed by atoms with Gasteiger partial charge in [-0.15, -0.1) is 11.6 Å². The summed E-state index contributed by atoms with van der Waals surface area (Å²) in [7, 11) is 0. The molecular weight excluding hydrogens is 180 g/mol. The number of halogens is 1. The summed E-state index contributed by atoms with van der Waals surface area (Å²) in [5.74, 6) is 0. The fraction of sp³-hybridized carbons (Fsp3) is 0.500. The van der Waals surface area contributed by atoms with Gasteiger partial charge in [0.2, 0.25) is 0 Å². The molecule has 0 amide bonds. The van der Waals surface area contributed by atoms with Crippen LogP contribution in [0.5, 0.6) is 0 Å². The molecule has 0 fully saturated rings. The van der Waals surface area contributed by atoms with E-state index in [1.54, 1.807) is 0 Å². The largest absolute Gasteiger partial charge is 0.118 e. The summed E-state index contributed by atoms with van der Waals surface area (Å²) in [4.78, 5) is 0. The first-order valence-electron chi connectivity index (χ1n) is 4.68. The van der Waals surface area contributed by atoms with Crippen LogP contribution in [-0.2, 0) is 0 Å². The van der Waals surface area contributed by atoms with E-state index in [0.29, 0.717) is 5.41 Å². The van der Waals surface area contributed by atoms with Crippen LogP contribution in [0.2, 0.25) is 0 Å². The molecule has 1 unspecified atom stereocenters. The molecule has 0 aliphatic carbocycles. The van der Waals surface area contributed by atoms with E-state index in [-0.39, 0.29) is 5.38 Å². The van der Waals surface area contributed by atoms with Crippen molar-refractivity contribution < 1.29 is 0 Å². The fourth-order valence-corrected chi connectivity index (χ4v) is 1.93. The minimum absolute atomic E-state index is 0.140. The first kappa shape index (κ1) is 10.6. The Kier molecular flexibility index (Phi) is 3.38. The summed E-state index contributed by atoms with van der Waals surface area (Å²) in [6.45, 7) is 6.64. The third-order valence-corrected chi connectivity index (χ3v) is 2.36. The van der Waals surface area contributed by atoms with Crippen LogP contribution in [0.1, 0.15) is 38.1 Å². The maximum Gasteiger partial charge on any atom is 0.0590 e.